The minimum absolute atomic E-state index is 0.0924. The monoisotopic (exact) mass is 250 g/mol. The van der Waals surface area contributed by atoms with Gasteiger partial charge in [0.05, 0.1) is 11.8 Å². The highest BCUT2D eigenvalue weighted by molar-refractivity contribution is 5.95. The summed E-state index contributed by atoms with van der Waals surface area (Å²) in [7, 11) is 0. The van der Waals surface area contributed by atoms with Gasteiger partial charge >= 0.3 is 0 Å². The zero-order valence-corrected chi connectivity index (χ0v) is 11.7. The third-order valence-electron chi connectivity index (χ3n) is 3.58. The van der Waals surface area contributed by atoms with Gasteiger partial charge in [-0.3, -0.25) is 14.8 Å². The summed E-state index contributed by atoms with van der Waals surface area (Å²) in [5, 5.41) is 6.72. The summed E-state index contributed by atoms with van der Waals surface area (Å²) in [6.45, 7) is 12.0. The smallest absolute Gasteiger partial charge is 0.257 e. The number of amides is 1. The average Bonchev–Trinajstić information content (AvgIpc) is 2.73. The van der Waals surface area contributed by atoms with Crippen LogP contribution in [0.1, 0.15) is 36.8 Å². The van der Waals surface area contributed by atoms with E-state index in [1.807, 2.05) is 11.8 Å². The van der Waals surface area contributed by atoms with E-state index < -0.39 is 0 Å². The van der Waals surface area contributed by atoms with E-state index in [-0.39, 0.29) is 11.4 Å². The number of hydrogen-bond acceptors (Lipinski definition) is 3. The molecule has 1 fully saturated rings. The van der Waals surface area contributed by atoms with Crippen molar-refractivity contribution < 1.29 is 4.79 Å². The fourth-order valence-corrected chi connectivity index (χ4v) is 2.32. The summed E-state index contributed by atoms with van der Waals surface area (Å²) in [6.07, 6.45) is 1.62. The Hall–Kier alpha value is -1.36. The number of nitrogens with one attached hydrogen (secondary N) is 1. The van der Waals surface area contributed by atoms with Crippen LogP contribution in [0.5, 0.6) is 0 Å². The Labute approximate surface area is 108 Å². The number of nitrogens with zero attached hydrogens (tertiary/aromatic N) is 3. The van der Waals surface area contributed by atoms with Crippen molar-refractivity contribution >= 4 is 5.91 Å². The SMILES string of the molecule is Cc1[nH]ncc1C(=O)N1CCN(C(C)(C)C)CC1. The number of aromatic nitrogens is 2. The Balaban J connectivity index is 1.99. The average molecular weight is 250 g/mol. The number of aryl methyl sites for hydroxylation is 1. The van der Waals surface area contributed by atoms with Crippen molar-refractivity contribution in [1.29, 1.82) is 0 Å². The molecule has 18 heavy (non-hydrogen) atoms. The van der Waals surface area contributed by atoms with Crippen molar-refractivity contribution in [3.05, 3.63) is 17.5 Å². The van der Waals surface area contributed by atoms with Crippen LogP contribution < -0.4 is 0 Å². The van der Waals surface area contributed by atoms with Crippen molar-refractivity contribution in [3.63, 3.8) is 0 Å². The Morgan fingerprint density at radius 1 is 1.28 bits per heavy atom. The molecule has 0 spiro atoms. The van der Waals surface area contributed by atoms with Gasteiger partial charge < -0.3 is 4.90 Å². The van der Waals surface area contributed by atoms with Crippen LogP contribution in [0.4, 0.5) is 0 Å². The van der Waals surface area contributed by atoms with Crippen molar-refractivity contribution in [2.75, 3.05) is 26.2 Å². The molecule has 1 aliphatic heterocycles. The molecule has 1 aromatic heterocycles. The highest BCUT2D eigenvalue weighted by Crippen LogP contribution is 2.17. The van der Waals surface area contributed by atoms with Gasteiger partial charge in [0.1, 0.15) is 0 Å². The van der Waals surface area contributed by atoms with Gasteiger partial charge in [0.25, 0.3) is 5.91 Å². The van der Waals surface area contributed by atoms with Crippen LogP contribution in [0.25, 0.3) is 0 Å². The lowest BCUT2D eigenvalue weighted by molar-refractivity contribution is 0.0450. The molecule has 5 heteroatoms. The normalized spacial score (nSPS) is 18.1. The number of H-pyrrole nitrogens is 1. The maximum atomic E-state index is 12.3. The van der Waals surface area contributed by atoms with Gasteiger partial charge in [0.15, 0.2) is 0 Å². The fourth-order valence-electron chi connectivity index (χ4n) is 2.32. The van der Waals surface area contributed by atoms with Crippen molar-refractivity contribution in [2.24, 2.45) is 0 Å². The highest BCUT2D eigenvalue weighted by atomic mass is 16.2. The molecule has 100 valence electrons. The molecule has 2 heterocycles. The third kappa shape index (κ3) is 2.56. The molecular formula is C13H22N4O. The van der Waals surface area contributed by atoms with Crippen LogP contribution in [0.15, 0.2) is 6.20 Å². The van der Waals surface area contributed by atoms with Crippen molar-refractivity contribution in [1.82, 2.24) is 20.0 Å². The first-order chi connectivity index (χ1) is 8.39. The molecule has 1 aromatic rings. The van der Waals surface area contributed by atoms with Crippen molar-refractivity contribution in [3.8, 4) is 0 Å². The largest absolute Gasteiger partial charge is 0.336 e. The van der Waals surface area contributed by atoms with E-state index in [9.17, 15) is 4.79 Å². The van der Waals surface area contributed by atoms with Crippen LogP contribution in [-0.4, -0.2) is 57.6 Å². The summed E-state index contributed by atoms with van der Waals surface area (Å²) in [6, 6.07) is 0. The van der Waals surface area contributed by atoms with Gasteiger partial charge in [-0.15, -0.1) is 0 Å². The van der Waals surface area contributed by atoms with Crippen molar-refractivity contribution in [2.45, 2.75) is 33.2 Å². The van der Waals surface area contributed by atoms with Gasteiger partial charge in [0, 0.05) is 37.4 Å². The molecular weight excluding hydrogens is 228 g/mol. The molecule has 0 atom stereocenters. The molecule has 0 radical (unpaired) electrons. The maximum absolute atomic E-state index is 12.3. The van der Waals surface area contributed by atoms with E-state index in [1.54, 1.807) is 6.20 Å². The van der Waals surface area contributed by atoms with E-state index >= 15 is 0 Å². The lowest BCUT2D eigenvalue weighted by atomic mass is 10.0. The summed E-state index contributed by atoms with van der Waals surface area (Å²) in [4.78, 5) is 16.6. The zero-order valence-electron chi connectivity index (χ0n) is 11.7. The van der Waals surface area contributed by atoms with E-state index in [1.165, 1.54) is 0 Å². The minimum atomic E-state index is 0.0924. The Morgan fingerprint density at radius 2 is 1.89 bits per heavy atom. The van der Waals surface area contributed by atoms with Gasteiger partial charge in [-0.1, -0.05) is 0 Å². The number of carbonyl (C=O) groups excluding carboxylic acids is 1. The second kappa shape index (κ2) is 4.72. The van der Waals surface area contributed by atoms with Crippen LogP contribution in [0.2, 0.25) is 0 Å². The first-order valence-electron chi connectivity index (χ1n) is 6.44. The summed E-state index contributed by atoms with van der Waals surface area (Å²) >= 11 is 0. The Kier molecular flexibility index (Phi) is 3.43. The molecule has 1 saturated heterocycles. The molecule has 0 aliphatic carbocycles. The molecule has 1 aliphatic rings. The molecule has 0 aromatic carbocycles. The molecule has 1 N–H and O–H groups in total. The quantitative estimate of drug-likeness (QED) is 0.816. The molecule has 5 nitrogen and oxygen atoms in total. The van der Waals surface area contributed by atoms with E-state index in [4.69, 9.17) is 0 Å². The predicted molar refractivity (Wildman–Crippen MR) is 70.6 cm³/mol. The van der Waals surface area contributed by atoms with Crippen LogP contribution in [0.3, 0.4) is 0 Å². The summed E-state index contributed by atoms with van der Waals surface area (Å²) in [5.41, 5.74) is 1.72. The highest BCUT2D eigenvalue weighted by Gasteiger charge is 2.28. The number of rotatable bonds is 1. The fraction of sp³-hybridized carbons (Fsp3) is 0.692. The standard InChI is InChI=1S/C13H22N4O/c1-10-11(9-14-15-10)12(18)16-5-7-17(8-6-16)13(2,3)4/h9H,5-8H2,1-4H3,(H,14,15). The minimum Gasteiger partial charge on any atom is -0.336 e. The number of piperazine rings is 1. The number of carbonyl (C=O) groups is 1. The van der Waals surface area contributed by atoms with Crippen LogP contribution >= 0.6 is 0 Å². The Bertz CT molecular complexity index is 424. The molecule has 1 amide bonds. The lowest BCUT2D eigenvalue weighted by Crippen LogP contribution is -2.54. The molecule has 0 saturated carbocycles. The number of hydrogen-bond donors (Lipinski definition) is 1. The summed E-state index contributed by atoms with van der Waals surface area (Å²) in [5.74, 6) is 0.0924. The molecule has 2 rings (SSSR count). The van der Waals surface area contributed by atoms with E-state index in [2.05, 4.69) is 35.9 Å². The third-order valence-corrected chi connectivity index (χ3v) is 3.58. The first-order valence-corrected chi connectivity index (χ1v) is 6.44. The first kappa shape index (κ1) is 13.1. The topological polar surface area (TPSA) is 52.2 Å². The Morgan fingerprint density at radius 3 is 2.33 bits per heavy atom. The van der Waals surface area contributed by atoms with Gasteiger partial charge in [-0.2, -0.15) is 5.10 Å². The maximum Gasteiger partial charge on any atom is 0.257 e. The van der Waals surface area contributed by atoms with Gasteiger partial charge in [-0.05, 0) is 27.7 Å². The van der Waals surface area contributed by atoms with Gasteiger partial charge in [0.2, 0.25) is 0 Å². The predicted octanol–water partition coefficient (Wildman–Crippen LogP) is 1.27. The summed E-state index contributed by atoms with van der Waals surface area (Å²) < 4.78 is 0. The number of aromatic amines is 1. The zero-order chi connectivity index (χ0) is 13.3. The molecule has 0 bridgehead atoms. The lowest BCUT2D eigenvalue weighted by Gasteiger charge is -2.42. The van der Waals surface area contributed by atoms with Crippen LogP contribution in [0, 0.1) is 6.92 Å². The second-order valence-corrected chi connectivity index (χ2v) is 5.86. The van der Waals surface area contributed by atoms with Gasteiger partial charge in [-0.25, -0.2) is 0 Å². The molecule has 0 unspecified atom stereocenters. The van der Waals surface area contributed by atoms with E-state index in [0.717, 1.165) is 31.9 Å². The second-order valence-electron chi connectivity index (χ2n) is 5.86. The van der Waals surface area contributed by atoms with E-state index in [0.29, 0.717) is 5.56 Å². The van der Waals surface area contributed by atoms with Crippen LogP contribution in [-0.2, 0) is 0 Å².